The summed E-state index contributed by atoms with van der Waals surface area (Å²) in [4.78, 5) is 26.7. The van der Waals surface area contributed by atoms with E-state index in [1.54, 1.807) is 0 Å². The standard InChI is InChI=1S/C8H4FN3O3.C2H6/c9-5-2-6-4(1-7(5)12(14)15)8(13)11-3-10-6;1-2/h1-3H,(H,10,11,13);1-2H3. The fourth-order valence-corrected chi connectivity index (χ4v) is 1.22. The van der Waals surface area contributed by atoms with Gasteiger partial charge in [0.25, 0.3) is 5.56 Å². The van der Waals surface area contributed by atoms with Crippen LogP contribution in [0.1, 0.15) is 13.8 Å². The number of hydrogen-bond acceptors (Lipinski definition) is 4. The van der Waals surface area contributed by atoms with Crippen molar-refractivity contribution in [3.8, 4) is 0 Å². The van der Waals surface area contributed by atoms with Gasteiger partial charge in [-0.1, -0.05) is 13.8 Å². The van der Waals surface area contributed by atoms with Gasteiger partial charge in [-0.05, 0) is 0 Å². The number of aromatic amines is 1. The molecule has 2 aromatic rings. The number of nitro groups is 1. The third-order valence-corrected chi connectivity index (χ3v) is 1.91. The molecule has 0 atom stereocenters. The van der Waals surface area contributed by atoms with Gasteiger partial charge < -0.3 is 4.98 Å². The van der Waals surface area contributed by atoms with Crippen molar-refractivity contribution in [3.05, 3.63) is 44.7 Å². The predicted molar refractivity (Wildman–Crippen MR) is 60.3 cm³/mol. The molecule has 0 saturated carbocycles. The molecule has 2 rings (SSSR count). The van der Waals surface area contributed by atoms with Crippen LogP contribution in [0.3, 0.4) is 0 Å². The van der Waals surface area contributed by atoms with Crippen LogP contribution in [0.2, 0.25) is 0 Å². The number of nitrogens with zero attached hydrogens (tertiary/aromatic N) is 2. The van der Waals surface area contributed by atoms with Crippen molar-refractivity contribution < 1.29 is 9.31 Å². The van der Waals surface area contributed by atoms with Crippen molar-refractivity contribution in [1.82, 2.24) is 9.97 Å². The Morgan fingerprint density at radius 1 is 1.41 bits per heavy atom. The maximum absolute atomic E-state index is 13.1. The van der Waals surface area contributed by atoms with Gasteiger partial charge in [-0.25, -0.2) is 4.98 Å². The van der Waals surface area contributed by atoms with Gasteiger partial charge in [-0.3, -0.25) is 14.9 Å². The fraction of sp³-hybridized carbons (Fsp3) is 0.200. The second-order valence-corrected chi connectivity index (χ2v) is 2.81. The number of nitrogens with one attached hydrogen (secondary N) is 1. The molecule has 0 fully saturated rings. The highest BCUT2D eigenvalue weighted by Gasteiger charge is 2.16. The first kappa shape index (κ1) is 12.8. The first-order valence-corrected chi connectivity index (χ1v) is 4.91. The lowest BCUT2D eigenvalue weighted by molar-refractivity contribution is -0.387. The van der Waals surface area contributed by atoms with Gasteiger partial charge in [-0.15, -0.1) is 0 Å². The Morgan fingerprint density at radius 3 is 2.65 bits per heavy atom. The number of halogens is 1. The van der Waals surface area contributed by atoms with E-state index >= 15 is 0 Å². The van der Waals surface area contributed by atoms with E-state index in [9.17, 15) is 19.3 Å². The maximum Gasteiger partial charge on any atom is 0.305 e. The number of H-pyrrole nitrogens is 1. The summed E-state index contributed by atoms with van der Waals surface area (Å²) < 4.78 is 13.1. The molecule has 0 saturated heterocycles. The van der Waals surface area contributed by atoms with Crippen LogP contribution in [0.15, 0.2) is 23.3 Å². The summed E-state index contributed by atoms with van der Waals surface area (Å²) in [6.45, 7) is 4.00. The summed E-state index contributed by atoms with van der Waals surface area (Å²) in [7, 11) is 0. The van der Waals surface area contributed by atoms with Gasteiger partial charge in [0.2, 0.25) is 5.82 Å². The molecule has 0 aliphatic heterocycles. The van der Waals surface area contributed by atoms with Crippen molar-refractivity contribution in [2.45, 2.75) is 13.8 Å². The Morgan fingerprint density at radius 2 is 2.06 bits per heavy atom. The van der Waals surface area contributed by atoms with Gasteiger partial charge in [-0.2, -0.15) is 4.39 Å². The normalized spacial score (nSPS) is 9.59. The summed E-state index contributed by atoms with van der Waals surface area (Å²) in [5, 5.41) is 10.4. The Hall–Kier alpha value is -2.31. The Balaban J connectivity index is 0.000000686. The molecule has 0 spiro atoms. The number of aromatic nitrogens is 2. The van der Waals surface area contributed by atoms with E-state index in [1.807, 2.05) is 13.8 Å². The minimum atomic E-state index is -1.01. The van der Waals surface area contributed by atoms with Crippen LogP contribution in [-0.2, 0) is 0 Å². The molecule has 7 heteroatoms. The first-order valence-electron chi connectivity index (χ1n) is 4.91. The lowest BCUT2D eigenvalue weighted by Crippen LogP contribution is -2.07. The fourth-order valence-electron chi connectivity index (χ4n) is 1.22. The molecule has 0 amide bonds. The average Bonchev–Trinajstić information content (AvgIpc) is 2.31. The highest BCUT2D eigenvalue weighted by atomic mass is 19.1. The van der Waals surface area contributed by atoms with Crippen molar-refractivity contribution >= 4 is 16.6 Å². The van der Waals surface area contributed by atoms with E-state index in [0.717, 1.165) is 18.5 Å². The third-order valence-electron chi connectivity index (χ3n) is 1.91. The number of fused-ring (bicyclic) bond motifs is 1. The lowest BCUT2D eigenvalue weighted by atomic mass is 10.2. The third kappa shape index (κ3) is 2.44. The van der Waals surface area contributed by atoms with E-state index in [-0.39, 0.29) is 10.9 Å². The Bertz CT molecular complexity index is 609. The lowest BCUT2D eigenvalue weighted by Gasteiger charge is -1.96. The summed E-state index contributed by atoms with van der Waals surface area (Å²) >= 11 is 0. The SMILES string of the molecule is CC.O=c1[nH]cnc2cc(F)c([N+](=O)[O-])cc12. The second kappa shape index (κ2) is 5.15. The maximum atomic E-state index is 13.1. The summed E-state index contributed by atoms with van der Waals surface area (Å²) in [5.74, 6) is -1.01. The van der Waals surface area contributed by atoms with Crippen LogP contribution in [0.4, 0.5) is 10.1 Å². The van der Waals surface area contributed by atoms with E-state index in [4.69, 9.17) is 0 Å². The van der Waals surface area contributed by atoms with Crippen molar-refractivity contribution in [2.24, 2.45) is 0 Å². The van der Waals surface area contributed by atoms with Crippen LogP contribution in [0.25, 0.3) is 10.9 Å². The van der Waals surface area contributed by atoms with E-state index in [2.05, 4.69) is 9.97 Å². The summed E-state index contributed by atoms with van der Waals surface area (Å²) in [6, 6.07) is 1.74. The monoisotopic (exact) mass is 239 g/mol. The molecular formula is C10H10FN3O3. The van der Waals surface area contributed by atoms with E-state index in [1.165, 1.54) is 0 Å². The predicted octanol–water partition coefficient (Wildman–Crippen LogP) is 2.00. The van der Waals surface area contributed by atoms with E-state index in [0.29, 0.717) is 0 Å². The minimum absolute atomic E-state index is 0.00870. The largest absolute Gasteiger partial charge is 0.313 e. The van der Waals surface area contributed by atoms with Crippen molar-refractivity contribution in [1.29, 1.82) is 0 Å². The van der Waals surface area contributed by atoms with Gasteiger partial charge in [0.1, 0.15) is 0 Å². The van der Waals surface area contributed by atoms with Crippen molar-refractivity contribution in [3.63, 3.8) is 0 Å². The molecule has 0 radical (unpaired) electrons. The molecule has 0 bridgehead atoms. The van der Waals surface area contributed by atoms with Crippen LogP contribution in [0.5, 0.6) is 0 Å². The Labute approximate surface area is 95.3 Å². The first-order chi connectivity index (χ1) is 8.09. The number of benzene rings is 1. The molecule has 90 valence electrons. The molecule has 1 heterocycles. The molecule has 6 nitrogen and oxygen atoms in total. The molecule has 1 N–H and O–H groups in total. The van der Waals surface area contributed by atoms with Gasteiger partial charge in [0.05, 0.1) is 22.2 Å². The van der Waals surface area contributed by atoms with Crippen LogP contribution < -0.4 is 5.56 Å². The molecule has 0 aliphatic carbocycles. The molecule has 1 aromatic carbocycles. The highest BCUT2D eigenvalue weighted by molar-refractivity contribution is 5.79. The number of rotatable bonds is 1. The summed E-state index contributed by atoms with van der Waals surface area (Å²) in [6.07, 6.45) is 1.11. The van der Waals surface area contributed by atoms with Crippen LogP contribution in [0, 0.1) is 15.9 Å². The van der Waals surface area contributed by atoms with E-state index < -0.39 is 22.0 Å². The highest BCUT2D eigenvalue weighted by Crippen LogP contribution is 2.20. The van der Waals surface area contributed by atoms with Gasteiger partial charge >= 0.3 is 5.69 Å². The smallest absolute Gasteiger partial charge is 0.305 e. The number of hydrogen-bond donors (Lipinski definition) is 1. The second-order valence-electron chi connectivity index (χ2n) is 2.81. The zero-order valence-electron chi connectivity index (χ0n) is 9.23. The van der Waals surface area contributed by atoms with Crippen molar-refractivity contribution in [2.75, 3.05) is 0 Å². The molecular weight excluding hydrogens is 229 g/mol. The minimum Gasteiger partial charge on any atom is -0.313 e. The zero-order valence-corrected chi connectivity index (χ0v) is 9.23. The topological polar surface area (TPSA) is 88.9 Å². The quantitative estimate of drug-likeness (QED) is 0.608. The average molecular weight is 239 g/mol. The van der Waals surface area contributed by atoms with Gasteiger partial charge in [0.15, 0.2) is 0 Å². The molecule has 0 aliphatic rings. The molecule has 0 unspecified atom stereocenters. The van der Waals surface area contributed by atoms with Crippen LogP contribution >= 0.6 is 0 Å². The number of nitro benzene ring substituents is 1. The van der Waals surface area contributed by atoms with Crippen LogP contribution in [-0.4, -0.2) is 14.9 Å². The zero-order chi connectivity index (χ0) is 13.0. The molecule has 17 heavy (non-hydrogen) atoms. The summed E-state index contributed by atoms with van der Waals surface area (Å²) in [5.41, 5.74) is -1.19. The molecule has 1 aromatic heterocycles. The Kier molecular flexibility index (Phi) is 3.86. The van der Waals surface area contributed by atoms with Gasteiger partial charge in [0, 0.05) is 12.1 Å².